The normalized spacial score (nSPS) is 21.6. The minimum atomic E-state index is -1.52. The van der Waals surface area contributed by atoms with Crippen molar-refractivity contribution in [3.63, 3.8) is 0 Å². The second-order valence-corrected chi connectivity index (χ2v) is 6.62. The van der Waals surface area contributed by atoms with Crippen LogP contribution < -0.4 is 0 Å². The van der Waals surface area contributed by atoms with Crippen LogP contribution in [0.4, 0.5) is 8.78 Å². The molecule has 1 fully saturated rings. The van der Waals surface area contributed by atoms with Gasteiger partial charge in [0.2, 0.25) is 0 Å². The molecule has 1 aromatic rings. The molecule has 1 aliphatic rings. The number of aryl methyl sites for hydroxylation is 1. The van der Waals surface area contributed by atoms with Gasteiger partial charge in [0.25, 0.3) is 6.08 Å². The molecular formula is C20H28F2. The van der Waals surface area contributed by atoms with Gasteiger partial charge in [0.15, 0.2) is 0 Å². The number of allylic oxidation sites excluding steroid dienone is 1. The van der Waals surface area contributed by atoms with Crippen molar-refractivity contribution in [2.75, 3.05) is 0 Å². The number of hydrogen-bond donors (Lipinski definition) is 0. The fraction of sp³-hybridized carbons (Fsp3) is 0.600. The third kappa shape index (κ3) is 5.55. The van der Waals surface area contributed by atoms with Crippen LogP contribution in [0, 0.1) is 5.92 Å². The summed E-state index contributed by atoms with van der Waals surface area (Å²) in [6, 6.07) is 9.03. The van der Waals surface area contributed by atoms with Crippen LogP contribution in [0.25, 0.3) is 0 Å². The van der Waals surface area contributed by atoms with Crippen LogP contribution in [-0.2, 0) is 6.42 Å². The maximum Gasteiger partial charge on any atom is 0.266 e. The molecule has 0 aromatic heterocycles. The Morgan fingerprint density at radius 3 is 2.27 bits per heavy atom. The molecular weight excluding hydrogens is 278 g/mol. The quantitative estimate of drug-likeness (QED) is 0.482. The van der Waals surface area contributed by atoms with Gasteiger partial charge in [-0.3, -0.25) is 0 Å². The molecule has 1 saturated carbocycles. The largest absolute Gasteiger partial charge is 0.266 e. The average Bonchev–Trinajstić information content (AvgIpc) is 2.52. The lowest BCUT2D eigenvalue weighted by atomic mass is 9.78. The molecule has 1 aliphatic carbocycles. The Labute approximate surface area is 133 Å². The van der Waals surface area contributed by atoms with Crippen molar-refractivity contribution in [1.82, 2.24) is 0 Å². The van der Waals surface area contributed by atoms with Gasteiger partial charge in [0.05, 0.1) is 0 Å². The first-order valence-corrected chi connectivity index (χ1v) is 8.80. The van der Waals surface area contributed by atoms with Crippen molar-refractivity contribution in [3.05, 3.63) is 47.5 Å². The van der Waals surface area contributed by atoms with Crippen molar-refractivity contribution >= 4 is 0 Å². The number of halogens is 2. The summed E-state index contributed by atoms with van der Waals surface area (Å²) in [5.74, 6) is 0.639. The molecule has 22 heavy (non-hydrogen) atoms. The Bertz CT molecular complexity index is 449. The Morgan fingerprint density at radius 2 is 1.68 bits per heavy atom. The summed E-state index contributed by atoms with van der Waals surface area (Å²) in [7, 11) is 0. The fourth-order valence-corrected chi connectivity index (χ4v) is 3.51. The molecule has 0 radical (unpaired) electrons. The number of rotatable bonds is 7. The molecule has 0 nitrogen and oxygen atoms in total. The van der Waals surface area contributed by atoms with Crippen molar-refractivity contribution in [3.8, 4) is 0 Å². The van der Waals surface area contributed by atoms with Crippen LogP contribution >= 0.6 is 0 Å². The molecule has 0 heterocycles. The fourth-order valence-electron chi connectivity index (χ4n) is 3.51. The number of hydrogen-bond acceptors (Lipinski definition) is 0. The third-order valence-corrected chi connectivity index (χ3v) is 4.90. The lowest BCUT2D eigenvalue weighted by molar-refractivity contribution is 0.351. The summed E-state index contributed by atoms with van der Waals surface area (Å²) in [4.78, 5) is 0. The summed E-state index contributed by atoms with van der Waals surface area (Å²) in [5.41, 5.74) is 2.82. The molecule has 1 aromatic carbocycles. The Hall–Kier alpha value is -1.18. The van der Waals surface area contributed by atoms with Gasteiger partial charge in [0, 0.05) is 0 Å². The van der Waals surface area contributed by atoms with E-state index >= 15 is 0 Å². The first kappa shape index (κ1) is 17.2. The summed E-state index contributed by atoms with van der Waals surface area (Å²) < 4.78 is 24.6. The smallest absolute Gasteiger partial charge is 0.174 e. The van der Waals surface area contributed by atoms with E-state index in [1.165, 1.54) is 43.2 Å². The summed E-state index contributed by atoms with van der Waals surface area (Å²) in [6.45, 7) is 2.24. The van der Waals surface area contributed by atoms with Gasteiger partial charge in [-0.05, 0) is 67.6 Å². The van der Waals surface area contributed by atoms with Crippen LogP contribution in [0.1, 0.15) is 75.3 Å². The van der Waals surface area contributed by atoms with Gasteiger partial charge in [-0.25, -0.2) is 0 Å². The number of unbranched alkanes of at least 4 members (excludes halogenated alkanes) is 3. The van der Waals surface area contributed by atoms with Crippen molar-refractivity contribution in [2.45, 2.75) is 70.6 Å². The summed E-state index contributed by atoms with van der Waals surface area (Å²) >= 11 is 0. The van der Waals surface area contributed by atoms with E-state index in [-0.39, 0.29) is 5.92 Å². The van der Waals surface area contributed by atoms with Crippen LogP contribution in [0.15, 0.2) is 36.4 Å². The minimum absolute atomic E-state index is 0.0825. The molecule has 2 rings (SSSR count). The summed E-state index contributed by atoms with van der Waals surface area (Å²) in [5, 5.41) is 0. The molecule has 0 N–H and O–H groups in total. The zero-order chi connectivity index (χ0) is 15.8. The van der Waals surface area contributed by atoms with Gasteiger partial charge < -0.3 is 0 Å². The number of benzene rings is 1. The first-order valence-electron chi connectivity index (χ1n) is 8.80. The highest BCUT2D eigenvalue weighted by molar-refractivity contribution is 5.26. The maximum absolute atomic E-state index is 12.3. The molecule has 0 amide bonds. The van der Waals surface area contributed by atoms with Crippen molar-refractivity contribution in [1.29, 1.82) is 0 Å². The van der Waals surface area contributed by atoms with E-state index in [1.807, 2.05) is 0 Å². The van der Waals surface area contributed by atoms with Crippen molar-refractivity contribution < 1.29 is 8.78 Å². The van der Waals surface area contributed by atoms with E-state index in [0.29, 0.717) is 5.92 Å². The standard InChI is InChI=1S/C20H28F2/c1-2-3-4-5-6-16-7-11-18(12-8-16)19-13-9-17(10-14-19)15-20(21)22/h7-8,11-12,15,17,19H,2-6,9-10,13-14H2,1H3. The van der Waals surface area contributed by atoms with Crippen LogP contribution in [-0.4, -0.2) is 0 Å². The maximum atomic E-state index is 12.3. The highest BCUT2D eigenvalue weighted by atomic mass is 19.3. The zero-order valence-corrected chi connectivity index (χ0v) is 13.7. The first-order chi connectivity index (χ1) is 10.7. The molecule has 0 atom stereocenters. The van der Waals surface area contributed by atoms with Crippen molar-refractivity contribution in [2.24, 2.45) is 5.92 Å². The molecule has 122 valence electrons. The minimum Gasteiger partial charge on any atom is -0.174 e. The lowest BCUT2D eigenvalue weighted by Gasteiger charge is -2.27. The van der Waals surface area contributed by atoms with Gasteiger partial charge in [0.1, 0.15) is 0 Å². The molecule has 0 spiro atoms. The second kappa shape index (κ2) is 9.07. The van der Waals surface area contributed by atoms with E-state index < -0.39 is 6.08 Å². The Kier molecular flexibility index (Phi) is 7.08. The second-order valence-electron chi connectivity index (χ2n) is 6.62. The third-order valence-electron chi connectivity index (χ3n) is 4.90. The molecule has 2 heteroatoms. The van der Waals surface area contributed by atoms with Gasteiger partial charge in [-0.1, -0.05) is 50.5 Å². The van der Waals surface area contributed by atoms with Crippen LogP contribution in [0.3, 0.4) is 0 Å². The molecule has 0 unspecified atom stereocenters. The van der Waals surface area contributed by atoms with Gasteiger partial charge >= 0.3 is 0 Å². The van der Waals surface area contributed by atoms with E-state index in [9.17, 15) is 8.78 Å². The zero-order valence-electron chi connectivity index (χ0n) is 13.7. The van der Waals surface area contributed by atoms with E-state index in [0.717, 1.165) is 31.8 Å². The van der Waals surface area contributed by atoms with Crippen LogP contribution in [0.2, 0.25) is 0 Å². The summed E-state index contributed by atoms with van der Waals surface area (Å²) in [6.07, 6.45) is 9.86. The Balaban J connectivity index is 1.80. The SMILES string of the molecule is CCCCCCc1ccc(C2CCC(C=C(F)F)CC2)cc1. The lowest BCUT2D eigenvalue weighted by Crippen LogP contribution is -2.11. The highest BCUT2D eigenvalue weighted by Crippen LogP contribution is 2.36. The Morgan fingerprint density at radius 1 is 1.00 bits per heavy atom. The van der Waals surface area contributed by atoms with E-state index in [4.69, 9.17) is 0 Å². The molecule has 0 aliphatic heterocycles. The van der Waals surface area contributed by atoms with Gasteiger partial charge in [-0.15, -0.1) is 0 Å². The average molecular weight is 306 g/mol. The topological polar surface area (TPSA) is 0 Å². The predicted octanol–water partition coefficient (Wildman–Crippen LogP) is 6.86. The predicted molar refractivity (Wildman–Crippen MR) is 89.3 cm³/mol. The van der Waals surface area contributed by atoms with Gasteiger partial charge in [-0.2, -0.15) is 8.78 Å². The molecule has 0 saturated heterocycles. The van der Waals surface area contributed by atoms with E-state index in [2.05, 4.69) is 31.2 Å². The van der Waals surface area contributed by atoms with Crippen LogP contribution in [0.5, 0.6) is 0 Å². The highest BCUT2D eigenvalue weighted by Gasteiger charge is 2.21. The van der Waals surface area contributed by atoms with E-state index in [1.54, 1.807) is 0 Å². The monoisotopic (exact) mass is 306 g/mol. The molecule has 0 bridgehead atoms.